The molecule has 2 saturated carbocycles. The van der Waals surface area contributed by atoms with Crippen molar-refractivity contribution < 1.29 is 0 Å². The van der Waals surface area contributed by atoms with Crippen molar-refractivity contribution in [2.45, 2.75) is 83.5 Å². The van der Waals surface area contributed by atoms with Gasteiger partial charge < -0.3 is 0 Å². The summed E-state index contributed by atoms with van der Waals surface area (Å²) >= 11 is 0. The van der Waals surface area contributed by atoms with Crippen LogP contribution in [0.4, 0.5) is 0 Å². The van der Waals surface area contributed by atoms with Gasteiger partial charge in [-0.2, -0.15) is 0 Å². The van der Waals surface area contributed by atoms with Crippen LogP contribution in [0.5, 0.6) is 0 Å². The molecule has 0 aromatic carbocycles. The van der Waals surface area contributed by atoms with Crippen LogP contribution in [0.3, 0.4) is 0 Å². The summed E-state index contributed by atoms with van der Waals surface area (Å²) in [4.78, 5) is 0. The van der Waals surface area contributed by atoms with E-state index in [1.165, 1.54) is 57.8 Å². The second-order valence-electron chi connectivity index (χ2n) is 5.86. The summed E-state index contributed by atoms with van der Waals surface area (Å²) in [5, 5.41) is 0. The third kappa shape index (κ3) is 3.81. The van der Waals surface area contributed by atoms with Crippen LogP contribution in [0.2, 0.25) is 0 Å². The molecule has 0 bridgehead atoms. The molecular formula is C15H28. The largest absolute Gasteiger partial charge is 0.0533 e. The van der Waals surface area contributed by atoms with Crippen LogP contribution in [-0.2, 0) is 0 Å². The first kappa shape index (κ1) is 11.5. The van der Waals surface area contributed by atoms with E-state index in [4.69, 9.17) is 0 Å². The van der Waals surface area contributed by atoms with E-state index in [0.717, 1.165) is 11.8 Å². The van der Waals surface area contributed by atoms with Gasteiger partial charge in [-0.05, 0) is 11.8 Å². The maximum absolute atomic E-state index is 1.56. The fourth-order valence-corrected chi connectivity index (χ4v) is 3.74. The first-order valence-electron chi connectivity index (χ1n) is 7.47. The third-order valence-corrected chi connectivity index (χ3v) is 4.72. The van der Waals surface area contributed by atoms with Gasteiger partial charge in [0.2, 0.25) is 0 Å². The minimum absolute atomic E-state index is 1.12. The molecule has 0 heteroatoms. The molecule has 2 fully saturated rings. The molecule has 0 heterocycles. The van der Waals surface area contributed by atoms with Crippen molar-refractivity contribution in [1.29, 1.82) is 0 Å². The number of rotatable bonds is 1. The minimum atomic E-state index is 1.12. The number of hydrogen-bond donors (Lipinski definition) is 0. The Labute approximate surface area is 95.8 Å². The molecule has 2 aliphatic rings. The Hall–Kier alpha value is 0. The van der Waals surface area contributed by atoms with Gasteiger partial charge in [0.1, 0.15) is 0 Å². The molecule has 0 N–H and O–H groups in total. The Morgan fingerprint density at radius 2 is 0.600 bits per heavy atom. The molecular weight excluding hydrogens is 180 g/mol. The quantitative estimate of drug-likeness (QED) is 0.547. The van der Waals surface area contributed by atoms with Gasteiger partial charge in [-0.1, -0.05) is 83.5 Å². The zero-order valence-corrected chi connectivity index (χ0v) is 10.3. The lowest BCUT2D eigenvalue weighted by molar-refractivity contribution is 0.276. The highest BCUT2D eigenvalue weighted by atomic mass is 14.3. The Balaban J connectivity index is 1.78. The van der Waals surface area contributed by atoms with Gasteiger partial charge in [-0.3, -0.25) is 0 Å². The lowest BCUT2D eigenvalue weighted by Gasteiger charge is -2.24. The molecule has 15 heavy (non-hydrogen) atoms. The molecule has 0 nitrogen and oxygen atoms in total. The van der Waals surface area contributed by atoms with Crippen LogP contribution >= 0.6 is 0 Å². The molecule has 0 spiro atoms. The Morgan fingerprint density at radius 1 is 0.333 bits per heavy atom. The predicted octanol–water partition coefficient (Wildman–Crippen LogP) is 5.32. The van der Waals surface area contributed by atoms with Gasteiger partial charge in [0.25, 0.3) is 0 Å². The van der Waals surface area contributed by atoms with E-state index in [0.29, 0.717) is 0 Å². The van der Waals surface area contributed by atoms with Gasteiger partial charge in [0.05, 0.1) is 0 Å². The van der Waals surface area contributed by atoms with Crippen molar-refractivity contribution >= 4 is 0 Å². The van der Waals surface area contributed by atoms with Gasteiger partial charge in [0.15, 0.2) is 0 Å². The Morgan fingerprint density at radius 3 is 1.00 bits per heavy atom. The summed E-state index contributed by atoms with van der Waals surface area (Å²) in [6, 6.07) is 0. The van der Waals surface area contributed by atoms with Crippen molar-refractivity contribution in [3.8, 4) is 0 Å². The molecule has 0 saturated heterocycles. The average molecular weight is 208 g/mol. The summed E-state index contributed by atoms with van der Waals surface area (Å²) in [6.45, 7) is 0. The van der Waals surface area contributed by atoms with Crippen LogP contribution in [0, 0.1) is 11.8 Å². The normalized spacial score (nSPS) is 28.0. The topological polar surface area (TPSA) is 0 Å². The molecule has 0 amide bonds. The molecule has 0 aromatic rings. The molecule has 2 rings (SSSR count). The average Bonchev–Trinajstić information content (AvgIpc) is 2.79. The van der Waals surface area contributed by atoms with E-state index >= 15 is 0 Å². The third-order valence-electron chi connectivity index (χ3n) is 4.72. The first-order chi connectivity index (χ1) is 7.47. The van der Waals surface area contributed by atoms with Crippen molar-refractivity contribution in [3.05, 3.63) is 0 Å². The fraction of sp³-hybridized carbons (Fsp3) is 1.00. The van der Waals surface area contributed by atoms with Crippen molar-refractivity contribution in [3.63, 3.8) is 0 Å². The van der Waals surface area contributed by atoms with E-state index in [1.807, 2.05) is 0 Å². The van der Waals surface area contributed by atoms with Crippen LogP contribution in [0.1, 0.15) is 83.5 Å². The molecule has 2 aliphatic carbocycles. The maximum atomic E-state index is 1.56. The summed E-state index contributed by atoms with van der Waals surface area (Å²) in [7, 11) is 0. The van der Waals surface area contributed by atoms with Crippen molar-refractivity contribution in [1.82, 2.24) is 0 Å². The van der Waals surface area contributed by atoms with Crippen LogP contribution in [-0.4, -0.2) is 0 Å². The number of hydrogen-bond acceptors (Lipinski definition) is 0. The van der Waals surface area contributed by atoms with E-state index in [9.17, 15) is 0 Å². The Bertz CT molecular complexity index is 145. The standard InChI is InChI=1S/C15H28/c1-2-4-6-10-14(11-7-5-3-1)15-12-8-9-13-15/h14-15H,1-13H2. The van der Waals surface area contributed by atoms with Crippen molar-refractivity contribution in [2.24, 2.45) is 11.8 Å². The van der Waals surface area contributed by atoms with Crippen LogP contribution < -0.4 is 0 Å². The lowest BCUT2D eigenvalue weighted by atomic mass is 9.82. The highest BCUT2D eigenvalue weighted by molar-refractivity contribution is 4.76. The fourth-order valence-electron chi connectivity index (χ4n) is 3.74. The monoisotopic (exact) mass is 208 g/mol. The summed E-state index contributed by atoms with van der Waals surface area (Å²) in [5.41, 5.74) is 0. The second-order valence-corrected chi connectivity index (χ2v) is 5.86. The molecule has 0 aromatic heterocycles. The molecule has 88 valence electrons. The zero-order chi connectivity index (χ0) is 10.3. The highest BCUT2D eigenvalue weighted by Gasteiger charge is 2.24. The molecule has 0 radical (unpaired) electrons. The minimum Gasteiger partial charge on any atom is -0.0533 e. The predicted molar refractivity (Wildman–Crippen MR) is 67.0 cm³/mol. The van der Waals surface area contributed by atoms with Gasteiger partial charge in [-0.25, -0.2) is 0 Å². The lowest BCUT2D eigenvalue weighted by Crippen LogP contribution is -2.12. The van der Waals surface area contributed by atoms with E-state index in [2.05, 4.69) is 0 Å². The smallest absolute Gasteiger partial charge is 0.0386 e. The highest BCUT2D eigenvalue weighted by Crippen LogP contribution is 2.37. The van der Waals surface area contributed by atoms with Crippen LogP contribution in [0.25, 0.3) is 0 Å². The SMILES string of the molecule is C1CCCCC(C2CCCC2)CCCC1. The molecule has 0 aliphatic heterocycles. The van der Waals surface area contributed by atoms with Gasteiger partial charge in [0, 0.05) is 0 Å². The van der Waals surface area contributed by atoms with E-state index in [1.54, 1.807) is 25.7 Å². The molecule has 0 unspecified atom stereocenters. The van der Waals surface area contributed by atoms with Crippen molar-refractivity contribution in [2.75, 3.05) is 0 Å². The van der Waals surface area contributed by atoms with Gasteiger partial charge >= 0.3 is 0 Å². The van der Waals surface area contributed by atoms with Crippen LogP contribution in [0.15, 0.2) is 0 Å². The van der Waals surface area contributed by atoms with E-state index < -0.39 is 0 Å². The molecule has 0 atom stereocenters. The maximum Gasteiger partial charge on any atom is -0.0386 e. The summed E-state index contributed by atoms with van der Waals surface area (Å²) in [6.07, 6.45) is 19.9. The van der Waals surface area contributed by atoms with Gasteiger partial charge in [-0.15, -0.1) is 0 Å². The van der Waals surface area contributed by atoms with E-state index in [-0.39, 0.29) is 0 Å². The summed E-state index contributed by atoms with van der Waals surface area (Å²) in [5.74, 6) is 2.25. The Kier molecular flexibility index (Phi) is 5.02. The summed E-state index contributed by atoms with van der Waals surface area (Å²) < 4.78 is 0. The zero-order valence-electron chi connectivity index (χ0n) is 10.3. The second kappa shape index (κ2) is 6.55. The first-order valence-corrected chi connectivity index (χ1v) is 7.47.